The Bertz CT molecular complexity index is 859. The first kappa shape index (κ1) is 17.8. The van der Waals surface area contributed by atoms with E-state index in [2.05, 4.69) is 27.4 Å². The molecule has 6 heteroatoms. The van der Waals surface area contributed by atoms with Crippen molar-refractivity contribution in [3.8, 4) is 5.82 Å². The van der Waals surface area contributed by atoms with Crippen LogP contribution in [0.25, 0.3) is 5.82 Å². The Labute approximate surface area is 153 Å². The maximum atomic E-state index is 12.3. The lowest BCUT2D eigenvalue weighted by molar-refractivity contribution is -0.122. The molecule has 26 heavy (non-hydrogen) atoms. The van der Waals surface area contributed by atoms with Gasteiger partial charge in [0.2, 0.25) is 5.91 Å². The van der Waals surface area contributed by atoms with Gasteiger partial charge < -0.3 is 5.32 Å². The van der Waals surface area contributed by atoms with Crippen LogP contribution in [0.5, 0.6) is 0 Å². The third kappa shape index (κ3) is 4.55. The summed E-state index contributed by atoms with van der Waals surface area (Å²) >= 11 is 0. The monoisotopic (exact) mass is 349 g/mol. The van der Waals surface area contributed by atoms with Crippen LogP contribution < -0.4 is 5.32 Å². The summed E-state index contributed by atoms with van der Waals surface area (Å²) < 4.78 is 1.92. The molecule has 1 aromatic carbocycles. The second kappa shape index (κ2) is 8.40. The van der Waals surface area contributed by atoms with E-state index < -0.39 is 0 Å². The predicted octanol–water partition coefficient (Wildman–Crippen LogP) is 2.32. The SMILES string of the molecule is Cc1nccn1-c1ncccc1CNC(=O)CN(C)Cc1ccccc1. The number of pyridine rings is 1. The molecule has 3 rings (SSSR count). The average molecular weight is 349 g/mol. The van der Waals surface area contributed by atoms with Crippen molar-refractivity contribution in [1.29, 1.82) is 0 Å². The Morgan fingerprint density at radius 3 is 2.65 bits per heavy atom. The fraction of sp³-hybridized carbons (Fsp3) is 0.250. The average Bonchev–Trinajstić information content (AvgIpc) is 3.07. The zero-order valence-corrected chi connectivity index (χ0v) is 15.1. The van der Waals surface area contributed by atoms with Gasteiger partial charge in [0.05, 0.1) is 6.54 Å². The Hall–Kier alpha value is -2.99. The zero-order chi connectivity index (χ0) is 18.4. The van der Waals surface area contributed by atoms with E-state index in [1.54, 1.807) is 12.4 Å². The Morgan fingerprint density at radius 2 is 1.92 bits per heavy atom. The summed E-state index contributed by atoms with van der Waals surface area (Å²) in [5.41, 5.74) is 2.14. The highest BCUT2D eigenvalue weighted by Gasteiger charge is 2.11. The molecule has 6 nitrogen and oxygen atoms in total. The number of aromatic nitrogens is 3. The number of benzene rings is 1. The van der Waals surface area contributed by atoms with Gasteiger partial charge in [-0.2, -0.15) is 0 Å². The smallest absolute Gasteiger partial charge is 0.234 e. The molecule has 0 aliphatic rings. The van der Waals surface area contributed by atoms with Crippen molar-refractivity contribution >= 4 is 5.91 Å². The van der Waals surface area contributed by atoms with Crippen molar-refractivity contribution in [2.75, 3.05) is 13.6 Å². The van der Waals surface area contributed by atoms with E-state index in [-0.39, 0.29) is 5.91 Å². The molecule has 3 aromatic rings. The molecule has 0 bridgehead atoms. The molecule has 1 N–H and O–H groups in total. The number of hydrogen-bond donors (Lipinski definition) is 1. The number of hydrogen-bond acceptors (Lipinski definition) is 4. The molecule has 134 valence electrons. The number of nitrogens with zero attached hydrogens (tertiary/aromatic N) is 4. The molecule has 0 radical (unpaired) electrons. The molecule has 0 saturated heterocycles. The largest absolute Gasteiger partial charge is 0.351 e. The Morgan fingerprint density at radius 1 is 1.12 bits per heavy atom. The van der Waals surface area contributed by atoms with Gasteiger partial charge in [0.15, 0.2) is 0 Å². The first-order valence-corrected chi connectivity index (χ1v) is 8.57. The van der Waals surface area contributed by atoms with Crippen LogP contribution in [0.15, 0.2) is 61.1 Å². The molecule has 2 heterocycles. The summed E-state index contributed by atoms with van der Waals surface area (Å²) in [5, 5.41) is 2.98. The fourth-order valence-corrected chi connectivity index (χ4v) is 2.83. The van der Waals surface area contributed by atoms with Crippen LogP contribution in [0.4, 0.5) is 0 Å². The number of amides is 1. The van der Waals surface area contributed by atoms with E-state index in [0.29, 0.717) is 13.1 Å². The molecular formula is C20H23N5O. The van der Waals surface area contributed by atoms with Crippen LogP contribution >= 0.6 is 0 Å². The highest BCUT2D eigenvalue weighted by molar-refractivity contribution is 5.78. The minimum atomic E-state index is -0.0133. The zero-order valence-electron chi connectivity index (χ0n) is 15.1. The molecule has 1 amide bonds. The maximum absolute atomic E-state index is 12.3. The van der Waals surface area contributed by atoms with Crippen molar-refractivity contribution in [1.82, 2.24) is 24.8 Å². The summed E-state index contributed by atoms with van der Waals surface area (Å²) in [5.74, 6) is 1.64. The molecule has 0 spiro atoms. The van der Waals surface area contributed by atoms with Gasteiger partial charge in [-0.05, 0) is 25.6 Å². The second-order valence-electron chi connectivity index (χ2n) is 6.27. The van der Waals surface area contributed by atoms with Gasteiger partial charge in [0.1, 0.15) is 11.6 Å². The number of carbonyl (C=O) groups excluding carboxylic acids is 1. The maximum Gasteiger partial charge on any atom is 0.234 e. The van der Waals surface area contributed by atoms with Gasteiger partial charge in [-0.1, -0.05) is 36.4 Å². The number of aryl methyl sites for hydroxylation is 1. The number of carbonyl (C=O) groups is 1. The third-order valence-electron chi connectivity index (χ3n) is 4.11. The van der Waals surface area contributed by atoms with Gasteiger partial charge in [-0.15, -0.1) is 0 Å². The number of rotatable bonds is 7. The molecule has 0 fully saturated rings. The minimum Gasteiger partial charge on any atom is -0.351 e. The van der Waals surface area contributed by atoms with Crippen molar-refractivity contribution < 1.29 is 4.79 Å². The molecular weight excluding hydrogens is 326 g/mol. The van der Waals surface area contributed by atoms with E-state index in [0.717, 1.165) is 23.8 Å². The first-order chi connectivity index (χ1) is 12.6. The normalized spacial score (nSPS) is 10.9. The van der Waals surface area contributed by atoms with Gasteiger partial charge >= 0.3 is 0 Å². The highest BCUT2D eigenvalue weighted by atomic mass is 16.2. The molecule has 0 atom stereocenters. The van der Waals surface area contributed by atoms with Gasteiger partial charge in [0.25, 0.3) is 0 Å². The van der Waals surface area contributed by atoms with Gasteiger partial charge in [-0.3, -0.25) is 14.3 Å². The van der Waals surface area contributed by atoms with E-state index >= 15 is 0 Å². The van der Waals surface area contributed by atoms with E-state index in [9.17, 15) is 4.79 Å². The summed E-state index contributed by atoms with van der Waals surface area (Å²) in [6, 6.07) is 14.0. The van der Waals surface area contributed by atoms with Crippen molar-refractivity contribution in [2.45, 2.75) is 20.0 Å². The number of imidazole rings is 1. The van der Waals surface area contributed by atoms with Crippen LogP contribution in [0, 0.1) is 6.92 Å². The van der Waals surface area contributed by atoms with Crippen LogP contribution in [0.1, 0.15) is 17.0 Å². The highest BCUT2D eigenvalue weighted by Crippen LogP contribution is 2.13. The van der Waals surface area contributed by atoms with E-state index in [1.165, 1.54) is 5.56 Å². The third-order valence-corrected chi connectivity index (χ3v) is 4.11. The minimum absolute atomic E-state index is 0.0133. The van der Waals surface area contributed by atoms with E-state index in [4.69, 9.17) is 0 Å². The quantitative estimate of drug-likeness (QED) is 0.711. The fourth-order valence-electron chi connectivity index (χ4n) is 2.83. The predicted molar refractivity (Wildman–Crippen MR) is 101 cm³/mol. The van der Waals surface area contributed by atoms with E-state index in [1.807, 2.05) is 60.0 Å². The van der Waals surface area contributed by atoms with Crippen LogP contribution in [-0.4, -0.2) is 38.9 Å². The molecule has 0 aliphatic heterocycles. The van der Waals surface area contributed by atoms with Crippen LogP contribution in [0.3, 0.4) is 0 Å². The topological polar surface area (TPSA) is 63.1 Å². The number of nitrogens with one attached hydrogen (secondary N) is 1. The Kier molecular flexibility index (Phi) is 5.76. The lowest BCUT2D eigenvalue weighted by Gasteiger charge is -2.17. The Balaban J connectivity index is 1.58. The lowest BCUT2D eigenvalue weighted by Crippen LogP contribution is -2.34. The molecule has 0 aliphatic carbocycles. The first-order valence-electron chi connectivity index (χ1n) is 8.57. The number of likely N-dealkylation sites (N-methyl/N-ethyl adjacent to an activating group) is 1. The second-order valence-corrected chi connectivity index (χ2v) is 6.27. The van der Waals surface area contributed by atoms with Crippen molar-refractivity contribution in [3.05, 3.63) is 78.0 Å². The molecule has 0 unspecified atom stereocenters. The van der Waals surface area contributed by atoms with Crippen LogP contribution in [-0.2, 0) is 17.9 Å². The van der Waals surface area contributed by atoms with Crippen LogP contribution in [0.2, 0.25) is 0 Å². The standard InChI is InChI=1S/C20H23N5O/c1-16-21-11-12-25(16)20-18(9-6-10-22-20)13-23-19(26)15-24(2)14-17-7-4-3-5-8-17/h3-12H,13-15H2,1-2H3,(H,23,26). The summed E-state index contributed by atoms with van der Waals surface area (Å²) in [6.45, 7) is 3.43. The van der Waals surface area contributed by atoms with Gasteiger partial charge in [-0.25, -0.2) is 9.97 Å². The summed E-state index contributed by atoms with van der Waals surface area (Å²) in [4.78, 5) is 23.0. The lowest BCUT2D eigenvalue weighted by atomic mass is 10.2. The van der Waals surface area contributed by atoms with Gasteiger partial charge in [0, 0.05) is 37.2 Å². The summed E-state index contributed by atoms with van der Waals surface area (Å²) in [7, 11) is 1.94. The van der Waals surface area contributed by atoms with Crippen molar-refractivity contribution in [2.24, 2.45) is 0 Å². The van der Waals surface area contributed by atoms with Crippen molar-refractivity contribution in [3.63, 3.8) is 0 Å². The molecule has 2 aromatic heterocycles. The summed E-state index contributed by atoms with van der Waals surface area (Å²) in [6.07, 6.45) is 5.36. The molecule has 0 saturated carbocycles.